The van der Waals surface area contributed by atoms with Crippen molar-refractivity contribution in [2.45, 2.75) is 45.9 Å². The van der Waals surface area contributed by atoms with E-state index >= 15 is 0 Å². The average molecular weight is 328 g/mol. The van der Waals surface area contributed by atoms with Crippen molar-refractivity contribution < 1.29 is 4.74 Å². The van der Waals surface area contributed by atoms with Crippen molar-refractivity contribution in [3.63, 3.8) is 0 Å². The molecular formula is C19H28N4O. The van der Waals surface area contributed by atoms with Crippen LogP contribution in [0.3, 0.4) is 0 Å². The predicted molar refractivity (Wildman–Crippen MR) is 95.9 cm³/mol. The lowest BCUT2D eigenvalue weighted by Crippen LogP contribution is -2.19. The molecule has 3 rings (SSSR count). The molecular weight excluding hydrogens is 300 g/mol. The summed E-state index contributed by atoms with van der Waals surface area (Å²) in [5.41, 5.74) is 3.81. The minimum atomic E-state index is 0.835. The Morgan fingerprint density at radius 3 is 2.75 bits per heavy atom. The third kappa shape index (κ3) is 4.16. The van der Waals surface area contributed by atoms with Crippen LogP contribution in [0.15, 0.2) is 30.5 Å². The van der Waals surface area contributed by atoms with E-state index in [1.165, 1.54) is 42.8 Å². The van der Waals surface area contributed by atoms with Crippen LogP contribution in [-0.2, 0) is 26.2 Å². The van der Waals surface area contributed by atoms with Gasteiger partial charge in [0, 0.05) is 37.9 Å². The van der Waals surface area contributed by atoms with E-state index in [-0.39, 0.29) is 0 Å². The Morgan fingerprint density at radius 1 is 1.17 bits per heavy atom. The molecule has 0 unspecified atom stereocenters. The molecule has 0 radical (unpaired) electrons. The number of nitrogens with one attached hydrogen (secondary N) is 1. The van der Waals surface area contributed by atoms with Crippen LogP contribution in [-0.4, -0.2) is 34.9 Å². The maximum atomic E-state index is 5.55. The summed E-state index contributed by atoms with van der Waals surface area (Å²) in [7, 11) is 1.76. The number of ether oxygens (including phenoxy) is 1. The lowest BCUT2D eigenvalue weighted by Gasteiger charge is -2.18. The molecule has 1 saturated heterocycles. The lowest BCUT2D eigenvalue weighted by molar-refractivity contribution is 0.320. The Kier molecular flexibility index (Phi) is 5.88. The molecule has 24 heavy (non-hydrogen) atoms. The normalized spacial score (nSPS) is 15.1. The average Bonchev–Trinajstić information content (AvgIpc) is 3.26. The molecule has 0 saturated carbocycles. The maximum Gasteiger partial charge on any atom is 0.123 e. The van der Waals surface area contributed by atoms with Crippen LogP contribution in [0.1, 0.15) is 36.6 Å². The number of hydrogen-bond acceptors (Lipinski definition) is 4. The summed E-state index contributed by atoms with van der Waals surface area (Å²) >= 11 is 0. The summed E-state index contributed by atoms with van der Waals surface area (Å²) in [6.45, 7) is 8.10. The number of aromatic nitrogens is 2. The molecule has 5 nitrogen and oxygen atoms in total. The van der Waals surface area contributed by atoms with Crippen LogP contribution in [0.5, 0.6) is 5.75 Å². The van der Waals surface area contributed by atoms with Gasteiger partial charge in [-0.3, -0.25) is 9.58 Å². The van der Waals surface area contributed by atoms with Crippen molar-refractivity contribution in [1.29, 1.82) is 0 Å². The van der Waals surface area contributed by atoms with Crippen LogP contribution >= 0.6 is 0 Å². The van der Waals surface area contributed by atoms with Gasteiger partial charge in [0.2, 0.25) is 0 Å². The Bertz CT molecular complexity index is 647. The smallest absolute Gasteiger partial charge is 0.123 e. The van der Waals surface area contributed by atoms with E-state index < -0.39 is 0 Å². The zero-order chi connectivity index (χ0) is 16.8. The highest BCUT2D eigenvalue weighted by Crippen LogP contribution is 2.23. The van der Waals surface area contributed by atoms with Crippen molar-refractivity contribution in [2.24, 2.45) is 0 Å². The van der Waals surface area contributed by atoms with Gasteiger partial charge in [0.05, 0.1) is 12.8 Å². The number of aryl methyl sites for hydroxylation is 1. The summed E-state index contributed by atoms with van der Waals surface area (Å²) in [6, 6.07) is 8.60. The monoisotopic (exact) mass is 328 g/mol. The highest BCUT2D eigenvalue weighted by Gasteiger charge is 2.14. The highest BCUT2D eigenvalue weighted by molar-refractivity contribution is 5.37. The van der Waals surface area contributed by atoms with Gasteiger partial charge in [-0.25, -0.2) is 0 Å². The minimum Gasteiger partial charge on any atom is -0.496 e. The van der Waals surface area contributed by atoms with Crippen LogP contribution in [0.2, 0.25) is 0 Å². The van der Waals surface area contributed by atoms with E-state index in [1.54, 1.807) is 7.11 Å². The number of hydrogen-bond donors (Lipinski definition) is 1. The van der Waals surface area contributed by atoms with Crippen molar-refractivity contribution in [2.75, 3.05) is 20.2 Å². The van der Waals surface area contributed by atoms with E-state index in [2.05, 4.69) is 46.5 Å². The standard InChI is InChI=1S/C19H28N4O/c1-3-23-18(8-9-21-23)14-20-13-16-6-7-19(24-2)17(12-16)15-22-10-4-5-11-22/h6-9,12,20H,3-5,10-11,13-15H2,1-2H3. The topological polar surface area (TPSA) is 42.3 Å². The second kappa shape index (κ2) is 8.31. The van der Waals surface area contributed by atoms with Crippen LogP contribution in [0.25, 0.3) is 0 Å². The van der Waals surface area contributed by atoms with E-state index in [0.717, 1.165) is 31.9 Å². The van der Waals surface area contributed by atoms with E-state index in [4.69, 9.17) is 4.74 Å². The van der Waals surface area contributed by atoms with Gasteiger partial charge in [0.1, 0.15) is 5.75 Å². The summed E-state index contributed by atoms with van der Waals surface area (Å²) in [5.74, 6) is 0.995. The van der Waals surface area contributed by atoms with E-state index in [0.29, 0.717) is 0 Å². The van der Waals surface area contributed by atoms with Gasteiger partial charge >= 0.3 is 0 Å². The molecule has 2 heterocycles. The number of likely N-dealkylation sites (tertiary alicyclic amines) is 1. The van der Waals surface area contributed by atoms with Gasteiger partial charge in [0.15, 0.2) is 0 Å². The summed E-state index contributed by atoms with van der Waals surface area (Å²) in [5, 5.41) is 7.83. The first-order chi connectivity index (χ1) is 11.8. The molecule has 2 aromatic rings. The zero-order valence-corrected chi connectivity index (χ0v) is 14.8. The minimum absolute atomic E-state index is 0.835. The number of benzene rings is 1. The van der Waals surface area contributed by atoms with Gasteiger partial charge in [-0.05, 0) is 56.6 Å². The zero-order valence-electron chi connectivity index (χ0n) is 14.8. The first kappa shape index (κ1) is 17.0. The Balaban J connectivity index is 1.60. The quantitative estimate of drug-likeness (QED) is 0.809. The molecule has 0 atom stereocenters. The maximum absolute atomic E-state index is 5.55. The first-order valence-electron chi connectivity index (χ1n) is 8.89. The SMILES string of the molecule is CCn1nccc1CNCc1ccc(OC)c(CN2CCCC2)c1. The fourth-order valence-electron chi connectivity index (χ4n) is 3.38. The van der Waals surface area contributed by atoms with Crippen LogP contribution in [0.4, 0.5) is 0 Å². The molecule has 0 aliphatic carbocycles. The number of nitrogens with zero attached hydrogens (tertiary/aromatic N) is 3. The molecule has 130 valence electrons. The lowest BCUT2D eigenvalue weighted by atomic mass is 10.1. The second-order valence-electron chi connectivity index (χ2n) is 6.37. The molecule has 1 aliphatic rings. The Hall–Kier alpha value is -1.85. The van der Waals surface area contributed by atoms with Crippen molar-refractivity contribution in [1.82, 2.24) is 20.0 Å². The summed E-state index contributed by atoms with van der Waals surface area (Å²) in [4.78, 5) is 2.51. The third-order valence-corrected chi connectivity index (χ3v) is 4.68. The highest BCUT2D eigenvalue weighted by atomic mass is 16.5. The molecule has 5 heteroatoms. The number of methoxy groups -OCH3 is 1. The molecule has 1 fully saturated rings. The van der Waals surface area contributed by atoms with Crippen molar-refractivity contribution in [3.05, 3.63) is 47.3 Å². The van der Waals surface area contributed by atoms with E-state index in [1.807, 2.05) is 10.9 Å². The summed E-state index contributed by atoms with van der Waals surface area (Å²) in [6.07, 6.45) is 4.49. The molecule has 1 aromatic carbocycles. The van der Waals surface area contributed by atoms with Crippen molar-refractivity contribution >= 4 is 0 Å². The van der Waals surface area contributed by atoms with Gasteiger partial charge < -0.3 is 10.1 Å². The predicted octanol–water partition coefficient (Wildman–Crippen LogP) is 2.80. The van der Waals surface area contributed by atoms with Gasteiger partial charge in [-0.15, -0.1) is 0 Å². The number of rotatable bonds is 8. The summed E-state index contributed by atoms with van der Waals surface area (Å²) < 4.78 is 7.57. The van der Waals surface area contributed by atoms with E-state index in [9.17, 15) is 0 Å². The van der Waals surface area contributed by atoms with Crippen molar-refractivity contribution in [3.8, 4) is 5.75 Å². The molecule has 1 aliphatic heterocycles. The Morgan fingerprint density at radius 2 is 2.00 bits per heavy atom. The fraction of sp³-hybridized carbons (Fsp3) is 0.526. The fourth-order valence-corrected chi connectivity index (χ4v) is 3.38. The molecule has 0 amide bonds. The molecule has 0 spiro atoms. The van der Waals surface area contributed by atoms with Gasteiger partial charge in [-0.1, -0.05) is 6.07 Å². The Labute approximate surface area is 144 Å². The third-order valence-electron chi connectivity index (χ3n) is 4.68. The second-order valence-corrected chi connectivity index (χ2v) is 6.37. The van der Waals surface area contributed by atoms with Gasteiger partial charge in [-0.2, -0.15) is 5.10 Å². The van der Waals surface area contributed by atoms with Crippen LogP contribution < -0.4 is 10.1 Å². The largest absolute Gasteiger partial charge is 0.496 e. The molecule has 0 bridgehead atoms. The van der Waals surface area contributed by atoms with Gasteiger partial charge in [0.25, 0.3) is 0 Å². The first-order valence-corrected chi connectivity index (χ1v) is 8.89. The molecule has 1 N–H and O–H groups in total. The molecule has 1 aromatic heterocycles. The van der Waals surface area contributed by atoms with Crippen LogP contribution in [0, 0.1) is 0 Å².